The van der Waals surface area contributed by atoms with E-state index in [0.717, 1.165) is 51.7 Å². The van der Waals surface area contributed by atoms with Crippen LogP contribution < -0.4 is 0 Å². The monoisotopic (exact) mass is 213 g/mol. The van der Waals surface area contributed by atoms with Gasteiger partial charge in [-0.3, -0.25) is 0 Å². The van der Waals surface area contributed by atoms with Gasteiger partial charge in [0.05, 0.1) is 12.2 Å². The quantitative estimate of drug-likeness (QED) is 0.706. The number of hydrogen-bond donors (Lipinski definition) is 0. The van der Waals surface area contributed by atoms with Crippen LogP contribution in [0.25, 0.3) is 0 Å². The molecule has 2 saturated heterocycles. The van der Waals surface area contributed by atoms with Gasteiger partial charge in [0.1, 0.15) is 0 Å². The van der Waals surface area contributed by atoms with Gasteiger partial charge in [-0.25, -0.2) is 5.11 Å². The predicted molar refractivity (Wildman–Crippen MR) is 56.3 cm³/mol. The zero-order valence-corrected chi connectivity index (χ0v) is 9.54. The highest BCUT2D eigenvalue weighted by molar-refractivity contribution is 4.92. The fraction of sp³-hybridized carbons (Fsp3) is 1.00. The van der Waals surface area contributed by atoms with Gasteiger partial charge in [0.25, 0.3) is 0 Å². The van der Waals surface area contributed by atoms with Crippen molar-refractivity contribution in [3.63, 3.8) is 0 Å². The molecule has 2 aliphatic rings. The maximum atomic E-state index is 12.6. The summed E-state index contributed by atoms with van der Waals surface area (Å²) in [6, 6.07) is 0. The molecule has 2 aliphatic heterocycles. The summed E-state index contributed by atoms with van der Waals surface area (Å²) in [6.07, 6.45) is 5.95. The van der Waals surface area contributed by atoms with E-state index in [1.165, 1.54) is 0 Å². The Bertz CT molecular complexity index is 171. The van der Waals surface area contributed by atoms with Crippen LogP contribution in [-0.2, 0) is 14.6 Å². The minimum absolute atomic E-state index is 0.144. The molecule has 0 aromatic rings. The maximum Gasteiger partial charge on any atom is 0.153 e. The van der Waals surface area contributed by atoms with Crippen molar-refractivity contribution in [2.45, 2.75) is 63.3 Å². The molecule has 87 valence electrons. The molecule has 0 saturated carbocycles. The largest absolute Gasteiger partial charge is 0.375 e. The summed E-state index contributed by atoms with van der Waals surface area (Å²) in [5.74, 6) is 0. The van der Waals surface area contributed by atoms with Crippen molar-refractivity contribution in [2.75, 3.05) is 13.2 Å². The van der Waals surface area contributed by atoms with Crippen LogP contribution in [0.2, 0.25) is 0 Å². The average molecular weight is 213 g/mol. The van der Waals surface area contributed by atoms with Crippen molar-refractivity contribution in [1.29, 1.82) is 0 Å². The van der Waals surface area contributed by atoms with E-state index in [1.807, 2.05) is 0 Å². The highest BCUT2D eigenvalue weighted by Crippen LogP contribution is 2.32. The van der Waals surface area contributed by atoms with E-state index in [2.05, 4.69) is 0 Å². The molecule has 3 nitrogen and oxygen atoms in total. The molecule has 0 bridgehead atoms. The molecular formula is C12H21O3. The zero-order chi connectivity index (χ0) is 10.7. The van der Waals surface area contributed by atoms with Gasteiger partial charge in [-0.1, -0.05) is 0 Å². The lowest BCUT2D eigenvalue weighted by atomic mass is 9.84. The summed E-state index contributed by atoms with van der Waals surface area (Å²) in [6.45, 7) is 3.25. The SMILES string of the molecule is CC([O])(C1CCCCO1)C1CCCCO1. The Labute approximate surface area is 91.8 Å². The van der Waals surface area contributed by atoms with Crippen LogP contribution >= 0.6 is 0 Å². The molecule has 0 aromatic carbocycles. The highest BCUT2D eigenvalue weighted by Gasteiger charge is 2.44. The van der Waals surface area contributed by atoms with Crippen LogP contribution in [0.5, 0.6) is 0 Å². The fourth-order valence-electron chi connectivity index (χ4n) is 2.59. The van der Waals surface area contributed by atoms with Gasteiger partial charge in [-0.05, 0) is 45.4 Å². The van der Waals surface area contributed by atoms with Crippen LogP contribution in [0, 0.1) is 0 Å². The molecule has 2 heterocycles. The third-order valence-corrected chi connectivity index (χ3v) is 3.64. The molecule has 0 aliphatic carbocycles. The molecule has 0 aromatic heterocycles. The Morgan fingerprint density at radius 3 is 1.73 bits per heavy atom. The minimum Gasteiger partial charge on any atom is -0.375 e. The average Bonchev–Trinajstić information content (AvgIpc) is 2.31. The number of hydrogen-bond acceptors (Lipinski definition) is 2. The van der Waals surface area contributed by atoms with Crippen molar-refractivity contribution in [3.05, 3.63) is 0 Å². The smallest absolute Gasteiger partial charge is 0.153 e. The van der Waals surface area contributed by atoms with Crippen molar-refractivity contribution < 1.29 is 14.6 Å². The second-order valence-corrected chi connectivity index (χ2v) is 4.89. The Balaban J connectivity index is 1.96. The standard InChI is InChI=1S/C12H21O3/c1-12(13,10-6-2-4-8-14-10)11-7-3-5-9-15-11/h10-11H,2-9H2,1H3. The molecule has 0 spiro atoms. The van der Waals surface area contributed by atoms with Gasteiger partial charge in [-0.15, -0.1) is 0 Å². The first-order valence-corrected chi connectivity index (χ1v) is 6.15. The molecule has 2 atom stereocenters. The van der Waals surface area contributed by atoms with Crippen molar-refractivity contribution in [2.24, 2.45) is 0 Å². The molecule has 1 radical (unpaired) electrons. The first-order valence-electron chi connectivity index (χ1n) is 6.15. The number of rotatable bonds is 2. The van der Waals surface area contributed by atoms with Gasteiger partial charge < -0.3 is 9.47 Å². The fourth-order valence-corrected chi connectivity index (χ4v) is 2.59. The first-order chi connectivity index (χ1) is 7.21. The summed E-state index contributed by atoms with van der Waals surface area (Å²) in [4.78, 5) is 0. The molecule has 2 rings (SSSR count). The van der Waals surface area contributed by atoms with E-state index in [9.17, 15) is 5.11 Å². The topological polar surface area (TPSA) is 38.4 Å². The van der Waals surface area contributed by atoms with Crippen LogP contribution in [0.3, 0.4) is 0 Å². The lowest BCUT2D eigenvalue weighted by molar-refractivity contribution is -0.218. The van der Waals surface area contributed by atoms with Crippen molar-refractivity contribution in [1.82, 2.24) is 0 Å². The third-order valence-electron chi connectivity index (χ3n) is 3.64. The lowest BCUT2D eigenvalue weighted by Gasteiger charge is -2.40. The predicted octanol–water partition coefficient (Wildman–Crippen LogP) is 2.31. The molecule has 2 fully saturated rings. The Morgan fingerprint density at radius 2 is 1.40 bits per heavy atom. The van der Waals surface area contributed by atoms with Crippen LogP contribution in [0.1, 0.15) is 45.4 Å². The van der Waals surface area contributed by atoms with E-state index in [4.69, 9.17) is 9.47 Å². The second-order valence-electron chi connectivity index (χ2n) is 4.89. The minimum atomic E-state index is -1.05. The van der Waals surface area contributed by atoms with E-state index in [-0.39, 0.29) is 12.2 Å². The van der Waals surface area contributed by atoms with Crippen LogP contribution in [-0.4, -0.2) is 31.0 Å². The van der Waals surface area contributed by atoms with Crippen LogP contribution in [0.4, 0.5) is 0 Å². The molecular weight excluding hydrogens is 192 g/mol. The number of ether oxygens (including phenoxy) is 2. The van der Waals surface area contributed by atoms with E-state index in [0.29, 0.717) is 0 Å². The molecule has 0 amide bonds. The lowest BCUT2D eigenvalue weighted by Crippen LogP contribution is -2.52. The summed E-state index contributed by atoms with van der Waals surface area (Å²) >= 11 is 0. The Hall–Kier alpha value is -0.120. The summed E-state index contributed by atoms with van der Waals surface area (Å²) < 4.78 is 11.2. The van der Waals surface area contributed by atoms with Gasteiger partial charge in [0.15, 0.2) is 5.60 Å². The van der Waals surface area contributed by atoms with E-state index >= 15 is 0 Å². The second kappa shape index (κ2) is 4.81. The van der Waals surface area contributed by atoms with Gasteiger partial charge in [-0.2, -0.15) is 0 Å². The normalized spacial score (nSPS) is 37.2. The maximum absolute atomic E-state index is 12.6. The summed E-state index contributed by atoms with van der Waals surface area (Å²) in [5.41, 5.74) is -1.05. The van der Waals surface area contributed by atoms with Gasteiger partial charge in [0, 0.05) is 13.2 Å². The van der Waals surface area contributed by atoms with Crippen LogP contribution in [0.15, 0.2) is 0 Å². The first kappa shape index (κ1) is 11.4. The highest BCUT2D eigenvalue weighted by atomic mass is 16.5. The van der Waals surface area contributed by atoms with Crippen molar-refractivity contribution >= 4 is 0 Å². The van der Waals surface area contributed by atoms with Crippen molar-refractivity contribution in [3.8, 4) is 0 Å². The zero-order valence-electron chi connectivity index (χ0n) is 9.54. The third kappa shape index (κ3) is 2.52. The van der Waals surface area contributed by atoms with E-state index < -0.39 is 5.60 Å². The molecule has 15 heavy (non-hydrogen) atoms. The Morgan fingerprint density at radius 1 is 0.933 bits per heavy atom. The Kier molecular flexibility index (Phi) is 3.65. The van der Waals surface area contributed by atoms with Gasteiger partial charge in [0.2, 0.25) is 0 Å². The van der Waals surface area contributed by atoms with E-state index in [1.54, 1.807) is 6.92 Å². The van der Waals surface area contributed by atoms with Gasteiger partial charge >= 0.3 is 0 Å². The molecule has 3 heteroatoms. The summed E-state index contributed by atoms with van der Waals surface area (Å²) in [5, 5.41) is 12.6. The summed E-state index contributed by atoms with van der Waals surface area (Å²) in [7, 11) is 0. The molecule has 2 unspecified atom stereocenters. The molecule has 0 N–H and O–H groups in total.